The molecule has 7 heteroatoms. The molecule has 0 aromatic rings. The van der Waals surface area contributed by atoms with E-state index in [2.05, 4.69) is 20.3 Å². The maximum Gasteiger partial charge on any atom is 0.297 e. The van der Waals surface area contributed by atoms with E-state index in [1.807, 2.05) is 0 Å². The normalized spacial score (nSPS) is 11.9. The van der Waals surface area contributed by atoms with Crippen LogP contribution in [-0.4, -0.2) is 24.0 Å². The highest BCUT2D eigenvalue weighted by atomic mass is 32.2. The standard InChI is InChI=1S/C6H13N2O3PS/c1-4(3-11-12)5(9)7-8-6(10)13-2/h4H,3,12H2,1-2H3,(H,7,9)(H,8,10)/t4-/m1/s1. The Hall–Kier alpha value is -0.320. The lowest BCUT2D eigenvalue weighted by molar-refractivity contribution is -0.125. The third kappa shape index (κ3) is 5.85. The molecule has 0 heterocycles. The summed E-state index contributed by atoms with van der Waals surface area (Å²) >= 11 is 0.992. The van der Waals surface area contributed by atoms with Gasteiger partial charge in [-0.2, -0.15) is 0 Å². The lowest BCUT2D eigenvalue weighted by atomic mass is 10.2. The first-order chi connectivity index (χ1) is 6.11. The predicted molar refractivity (Wildman–Crippen MR) is 55.0 cm³/mol. The number of thioether (sulfide) groups is 1. The predicted octanol–water partition coefficient (Wildman–Crippen LogP) is 0.533. The zero-order chi connectivity index (χ0) is 10.3. The molecular weight excluding hydrogens is 211 g/mol. The quantitative estimate of drug-likeness (QED) is 0.542. The maximum atomic E-state index is 11.1. The topological polar surface area (TPSA) is 67.4 Å². The van der Waals surface area contributed by atoms with E-state index in [0.717, 1.165) is 11.8 Å². The van der Waals surface area contributed by atoms with Gasteiger partial charge in [-0.05, 0) is 6.26 Å². The molecule has 0 saturated carbocycles. The first-order valence-corrected chi connectivity index (χ1v) is 5.27. The molecule has 0 saturated heterocycles. The van der Waals surface area contributed by atoms with E-state index in [-0.39, 0.29) is 17.1 Å². The van der Waals surface area contributed by atoms with E-state index in [4.69, 9.17) is 4.52 Å². The van der Waals surface area contributed by atoms with Gasteiger partial charge < -0.3 is 4.52 Å². The first kappa shape index (κ1) is 12.7. The Morgan fingerprint density at radius 2 is 2.15 bits per heavy atom. The molecule has 0 aliphatic carbocycles. The molecule has 1 unspecified atom stereocenters. The van der Waals surface area contributed by atoms with Gasteiger partial charge in [0.1, 0.15) is 0 Å². The molecular formula is C6H13N2O3PS. The number of nitrogens with one attached hydrogen (secondary N) is 2. The third-order valence-electron chi connectivity index (χ3n) is 1.27. The smallest absolute Gasteiger partial charge is 0.297 e. The Morgan fingerprint density at radius 3 is 2.62 bits per heavy atom. The third-order valence-corrected chi connectivity index (χ3v) is 1.93. The van der Waals surface area contributed by atoms with Gasteiger partial charge in [0.15, 0.2) is 0 Å². The summed E-state index contributed by atoms with van der Waals surface area (Å²) in [5.74, 6) is -0.565. The van der Waals surface area contributed by atoms with Crippen LogP contribution >= 0.6 is 21.2 Å². The molecule has 0 radical (unpaired) electrons. The largest absolute Gasteiger partial charge is 0.365 e. The van der Waals surface area contributed by atoms with Crippen LogP contribution in [0.2, 0.25) is 0 Å². The van der Waals surface area contributed by atoms with Crippen molar-refractivity contribution in [2.45, 2.75) is 6.92 Å². The highest BCUT2D eigenvalue weighted by Crippen LogP contribution is 1.98. The number of amides is 2. The van der Waals surface area contributed by atoms with Gasteiger partial charge in [0.25, 0.3) is 5.24 Å². The lowest BCUT2D eigenvalue weighted by Gasteiger charge is -2.10. The molecule has 5 nitrogen and oxygen atoms in total. The van der Waals surface area contributed by atoms with Crippen LogP contribution in [0.15, 0.2) is 0 Å². The highest BCUT2D eigenvalue weighted by Gasteiger charge is 2.12. The molecule has 0 aromatic carbocycles. The Kier molecular flexibility index (Phi) is 6.94. The zero-order valence-electron chi connectivity index (χ0n) is 7.49. The summed E-state index contributed by atoms with van der Waals surface area (Å²) in [6.07, 6.45) is 1.62. The van der Waals surface area contributed by atoms with E-state index >= 15 is 0 Å². The summed E-state index contributed by atoms with van der Waals surface area (Å²) < 4.78 is 4.70. The molecule has 76 valence electrons. The van der Waals surface area contributed by atoms with E-state index in [1.165, 1.54) is 0 Å². The zero-order valence-corrected chi connectivity index (χ0v) is 9.47. The molecule has 2 N–H and O–H groups in total. The number of hydrogen-bond donors (Lipinski definition) is 2. The molecule has 13 heavy (non-hydrogen) atoms. The van der Waals surface area contributed by atoms with Gasteiger partial charge in [0.2, 0.25) is 5.91 Å². The van der Waals surface area contributed by atoms with Crippen molar-refractivity contribution in [2.24, 2.45) is 5.92 Å². The van der Waals surface area contributed by atoms with Crippen molar-refractivity contribution in [3.63, 3.8) is 0 Å². The van der Waals surface area contributed by atoms with E-state index < -0.39 is 0 Å². The van der Waals surface area contributed by atoms with E-state index in [9.17, 15) is 9.59 Å². The molecule has 0 rings (SSSR count). The van der Waals surface area contributed by atoms with Gasteiger partial charge in [-0.3, -0.25) is 20.4 Å². The van der Waals surface area contributed by atoms with Gasteiger partial charge in [-0.25, -0.2) is 0 Å². The number of hydrazine groups is 1. The van der Waals surface area contributed by atoms with Crippen LogP contribution in [0.5, 0.6) is 0 Å². The lowest BCUT2D eigenvalue weighted by Crippen LogP contribution is -2.43. The fourth-order valence-electron chi connectivity index (χ4n) is 0.507. The van der Waals surface area contributed by atoms with Crippen LogP contribution in [0.3, 0.4) is 0 Å². The van der Waals surface area contributed by atoms with E-state index in [1.54, 1.807) is 13.2 Å². The van der Waals surface area contributed by atoms with Crippen molar-refractivity contribution in [3.8, 4) is 0 Å². The molecule has 0 aromatic heterocycles. The highest BCUT2D eigenvalue weighted by molar-refractivity contribution is 8.12. The molecule has 0 spiro atoms. The van der Waals surface area contributed by atoms with Crippen LogP contribution in [0.1, 0.15) is 6.92 Å². The number of hydrogen-bond acceptors (Lipinski definition) is 4. The molecule has 0 fully saturated rings. The van der Waals surface area contributed by atoms with Crippen molar-refractivity contribution >= 4 is 32.4 Å². The van der Waals surface area contributed by atoms with Crippen LogP contribution in [0, 0.1) is 5.92 Å². The second kappa shape index (κ2) is 7.12. The van der Waals surface area contributed by atoms with Crippen molar-refractivity contribution < 1.29 is 14.1 Å². The van der Waals surface area contributed by atoms with Crippen LogP contribution in [-0.2, 0) is 9.32 Å². The molecule has 2 amide bonds. The van der Waals surface area contributed by atoms with Crippen LogP contribution in [0.4, 0.5) is 4.79 Å². The minimum absolute atomic E-state index is 0.273. The Labute approximate surface area is 83.6 Å². The fourth-order valence-corrected chi connectivity index (χ4v) is 0.949. The number of carbonyl (C=O) groups is 2. The summed E-state index contributed by atoms with van der Waals surface area (Å²) in [5, 5.41) is -0.299. The monoisotopic (exact) mass is 224 g/mol. The fraction of sp³-hybridized carbons (Fsp3) is 0.667. The number of rotatable bonds is 3. The van der Waals surface area contributed by atoms with Crippen molar-refractivity contribution in [2.75, 3.05) is 12.9 Å². The first-order valence-electron chi connectivity index (χ1n) is 3.57. The van der Waals surface area contributed by atoms with Crippen molar-refractivity contribution in [1.82, 2.24) is 10.9 Å². The number of carbonyl (C=O) groups excluding carboxylic acids is 2. The van der Waals surface area contributed by atoms with Crippen LogP contribution in [0.25, 0.3) is 0 Å². The Bertz CT molecular complexity index is 191. The van der Waals surface area contributed by atoms with Crippen molar-refractivity contribution in [3.05, 3.63) is 0 Å². The second-order valence-corrected chi connectivity index (χ2v) is 3.45. The average Bonchev–Trinajstić information content (AvgIpc) is 2.13. The van der Waals surface area contributed by atoms with Gasteiger partial charge in [0.05, 0.1) is 12.5 Å². The SMILES string of the molecule is CSC(=O)NNC(=O)[C@H](C)COP. The Morgan fingerprint density at radius 1 is 1.54 bits per heavy atom. The minimum atomic E-state index is -0.299. The summed E-state index contributed by atoms with van der Waals surface area (Å²) in [6, 6.07) is 0. The molecule has 0 aliphatic rings. The Balaban J connectivity index is 3.67. The summed E-state index contributed by atoms with van der Waals surface area (Å²) in [5.41, 5.74) is 4.50. The summed E-state index contributed by atoms with van der Waals surface area (Å²) in [4.78, 5) is 21.8. The molecule has 0 aliphatic heterocycles. The van der Waals surface area contributed by atoms with Crippen LogP contribution < -0.4 is 10.9 Å². The molecule has 0 bridgehead atoms. The molecule has 2 atom stereocenters. The van der Waals surface area contributed by atoms with Gasteiger partial charge in [0, 0.05) is 9.47 Å². The van der Waals surface area contributed by atoms with Crippen molar-refractivity contribution in [1.29, 1.82) is 0 Å². The second-order valence-electron chi connectivity index (χ2n) is 2.34. The minimum Gasteiger partial charge on any atom is -0.365 e. The summed E-state index contributed by atoms with van der Waals surface area (Å²) in [7, 11) is 2.06. The summed E-state index contributed by atoms with van der Waals surface area (Å²) in [6.45, 7) is 2.00. The van der Waals surface area contributed by atoms with Gasteiger partial charge >= 0.3 is 0 Å². The van der Waals surface area contributed by atoms with Gasteiger partial charge in [-0.15, -0.1) is 0 Å². The van der Waals surface area contributed by atoms with Gasteiger partial charge in [-0.1, -0.05) is 18.7 Å². The van der Waals surface area contributed by atoms with E-state index in [0.29, 0.717) is 6.61 Å². The average molecular weight is 224 g/mol. The maximum absolute atomic E-state index is 11.1.